The highest BCUT2D eigenvalue weighted by atomic mass is 16.5. The van der Waals surface area contributed by atoms with Crippen LogP contribution in [-0.2, 0) is 27.3 Å². The van der Waals surface area contributed by atoms with E-state index < -0.39 is 0 Å². The summed E-state index contributed by atoms with van der Waals surface area (Å²) in [6, 6.07) is 22.0. The number of rotatable bonds is 11. The molecule has 0 bridgehead atoms. The number of nitrogens with zero attached hydrogens (tertiary/aromatic N) is 3. The van der Waals surface area contributed by atoms with Crippen molar-refractivity contribution in [2.45, 2.75) is 39.3 Å². The van der Waals surface area contributed by atoms with Crippen molar-refractivity contribution in [2.24, 2.45) is 0 Å². The number of hydrogen-bond acceptors (Lipinski definition) is 7. The lowest BCUT2D eigenvalue weighted by molar-refractivity contribution is -0.143. The maximum atomic E-state index is 12.4. The monoisotopic (exact) mass is 538 g/mol. The van der Waals surface area contributed by atoms with Crippen LogP contribution in [0.15, 0.2) is 72.9 Å². The second-order valence-corrected chi connectivity index (χ2v) is 9.99. The minimum absolute atomic E-state index is 0.133. The molecule has 8 nitrogen and oxygen atoms in total. The minimum Gasteiger partial charge on any atom is -0.487 e. The first-order valence-electron chi connectivity index (χ1n) is 13.5. The predicted molar refractivity (Wildman–Crippen MR) is 157 cm³/mol. The van der Waals surface area contributed by atoms with E-state index in [4.69, 9.17) is 25.0 Å². The summed E-state index contributed by atoms with van der Waals surface area (Å²) in [5.74, 6) is 0.342. The highest BCUT2D eigenvalue weighted by Gasteiger charge is 2.16. The molecule has 0 aliphatic carbocycles. The van der Waals surface area contributed by atoms with Crippen LogP contribution in [0.4, 0.5) is 5.69 Å². The lowest BCUT2D eigenvalue weighted by Gasteiger charge is -2.11. The number of aromatic nitrogens is 3. The van der Waals surface area contributed by atoms with E-state index >= 15 is 0 Å². The van der Waals surface area contributed by atoms with Crippen LogP contribution in [0.1, 0.15) is 37.6 Å². The highest BCUT2D eigenvalue weighted by molar-refractivity contribution is 5.94. The third-order valence-corrected chi connectivity index (χ3v) is 6.81. The van der Waals surface area contributed by atoms with Gasteiger partial charge in [0, 0.05) is 54.4 Å². The average molecular weight is 539 g/mol. The van der Waals surface area contributed by atoms with Crippen molar-refractivity contribution in [2.75, 3.05) is 26.1 Å². The topological polar surface area (TPSA) is 101 Å². The van der Waals surface area contributed by atoms with Gasteiger partial charge >= 0.3 is 5.97 Å². The van der Waals surface area contributed by atoms with Crippen LogP contribution in [0.2, 0.25) is 0 Å². The largest absolute Gasteiger partial charge is 0.487 e. The second-order valence-electron chi connectivity index (χ2n) is 9.99. The molecular formula is C32H34N4O4. The van der Waals surface area contributed by atoms with Crippen molar-refractivity contribution in [3.63, 3.8) is 0 Å². The normalized spacial score (nSPS) is 11.4. The minimum atomic E-state index is -0.294. The number of methoxy groups -OCH3 is 1. The average Bonchev–Trinajstić information content (AvgIpc) is 3.33. The summed E-state index contributed by atoms with van der Waals surface area (Å²) in [7, 11) is 1.63. The van der Waals surface area contributed by atoms with Gasteiger partial charge in [-0.05, 0) is 61.4 Å². The van der Waals surface area contributed by atoms with Gasteiger partial charge in [0.15, 0.2) is 0 Å². The third kappa shape index (κ3) is 5.92. The zero-order chi connectivity index (χ0) is 28.1. The Labute approximate surface area is 233 Å². The van der Waals surface area contributed by atoms with Crippen LogP contribution in [0.3, 0.4) is 0 Å². The van der Waals surface area contributed by atoms with E-state index in [9.17, 15) is 4.79 Å². The summed E-state index contributed by atoms with van der Waals surface area (Å²) in [6.07, 6.45) is 2.52. The number of anilines is 1. The molecule has 0 aliphatic heterocycles. The summed E-state index contributed by atoms with van der Waals surface area (Å²) < 4.78 is 18.6. The van der Waals surface area contributed by atoms with Gasteiger partial charge in [-0.3, -0.25) is 14.5 Å². The van der Waals surface area contributed by atoms with Crippen molar-refractivity contribution in [3.8, 4) is 16.9 Å². The summed E-state index contributed by atoms with van der Waals surface area (Å²) in [5.41, 5.74) is 12.5. The number of benzene rings is 3. The van der Waals surface area contributed by atoms with E-state index in [2.05, 4.69) is 49.2 Å². The van der Waals surface area contributed by atoms with Crippen molar-refractivity contribution in [3.05, 3.63) is 84.2 Å². The van der Waals surface area contributed by atoms with Crippen LogP contribution in [0.25, 0.3) is 32.9 Å². The Kier molecular flexibility index (Phi) is 8.26. The van der Waals surface area contributed by atoms with Gasteiger partial charge in [-0.25, -0.2) is 0 Å². The molecular weight excluding hydrogens is 504 g/mol. The van der Waals surface area contributed by atoms with Crippen LogP contribution in [-0.4, -0.2) is 41.1 Å². The molecule has 2 aromatic heterocycles. The van der Waals surface area contributed by atoms with Gasteiger partial charge in [0.05, 0.1) is 24.1 Å². The summed E-state index contributed by atoms with van der Waals surface area (Å²) >= 11 is 0. The maximum Gasteiger partial charge on any atom is 0.310 e. The zero-order valence-corrected chi connectivity index (χ0v) is 23.1. The fourth-order valence-corrected chi connectivity index (χ4v) is 4.76. The molecule has 206 valence electrons. The van der Waals surface area contributed by atoms with Crippen LogP contribution in [0, 0.1) is 0 Å². The molecule has 0 spiro atoms. The summed E-state index contributed by atoms with van der Waals surface area (Å²) in [4.78, 5) is 16.8. The number of esters is 1. The zero-order valence-electron chi connectivity index (χ0n) is 23.1. The van der Waals surface area contributed by atoms with Crippen molar-refractivity contribution >= 4 is 33.5 Å². The van der Waals surface area contributed by atoms with Gasteiger partial charge in [0.2, 0.25) is 0 Å². The molecule has 0 aliphatic rings. The Hall–Kier alpha value is -4.43. The Balaban J connectivity index is 1.41. The van der Waals surface area contributed by atoms with Gasteiger partial charge in [-0.2, -0.15) is 5.10 Å². The molecule has 0 radical (unpaired) electrons. The van der Waals surface area contributed by atoms with E-state index in [1.165, 1.54) is 0 Å². The van der Waals surface area contributed by atoms with Crippen LogP contribution < -0.4 is 10.5 Å². The van der Waals surface area contributed by atoms with Crippen molar-refractivity contribution < 1.29 is 19.0 Å². The van der Waals surface area contributed by atoms with Crippen molar-refractivity contribution in [1.29, 1.82) is 0 Å². The molecule has 8 heteroatoms. The number of carbonyl (C=O) groups is 1. The molecule has 0 fully saturated rings. The number of pyridine rings is 1. The van der Waals surface area contributed by atoms with Gasteiger partial charge in [-0.1, -0.05) is 30.3 Å². The lowest BCUT2D eigenvalue weighted by atomic mass is 10.0. The first-order valence-corrected chi connectivity index (χ1v) is 13.5. The summed E-state index contributed by atoms with van der Waals surface area (Å²) in [6.45, 7) is 5.36. The molecule has 0 saturated carbocycles. The first-order chi connectivity index (χ1) is 19.4. The Morgan fingerprint density at radius 1 is 0.975 bits per heavy atom. The molecule has 0 unspecified atom stereocenters. The van der Waals surface area contributed by atoms with Gasteiger partial charge in [0.25, 0.3) is 0 Å². The third-order valence-electron chi connectivity index (χ3n) is 6.81. The molecule has 40 heavy (non-hydrogen) atoms. The number of nitrogen functional groups attached to an aromatic ring is 1. The maximum absolute atomic E-state index is 12.4. The van der Waals surface area contributed by atoms with Crippen LogP contribution in [0.5, 0.6) is 5.75 Å². The lowest BCUT2D eigenvalue weighted by Crippen LogP contribution is -2.11. The molecule has 3 aromatic carbocycles. The van der Waals surface area contributed by atoms with E-state index in [1.807, 2.05) is 41.1 Å². The van der Waals surface area contributed by atoms with E-state index in [0.717, 1.165) is 44.2 Å². The predicted octanol–water partition coefficient (Wildman–Crippen LogP) is 6.12. The molecule has 0 amide bonds. The smallest absolute Gasteiger partial charge is 0.310 e. The molecule has 2 heterocycles. The number of nitrogens with two attached hydrogens (primary N) is 1. The fraction of sp³-hybridized carbons (Fsp3) is 0.281. The van der Waals surface area contributed by atoms with Gasteiger partial charge in [-0.15, -0.1) is 0 Å². The number of hydrogen-bond donors (Lipinski definition) is 1. The van der Waals surface area contributed by atoms with E-state index in [0.29, 0.717) is 31.1 Å². The molecule has 2 N–H and O–H groups in total. The highest BCUT2D eigenvalue weighted by Crippen LogP contribution is 2.32. The van der Waals surface area contributed by atoms with Crippen LogP contribution >= 0.6 is 0 Å². The van der Waals surface area contributed by atoms with Crippen molar-refractivity contribution in [1.82, 2.24) is 14.8 Å². The number of ether oxygens (including phenoxy) is 3. The second kappa shape index (κ2) is 12.2. The standard InChI is InChI=1S/C32H34N4O4/c1-21(2)36-30-12-10-23(22-9-11-28-25(17-22)27(33)13-14-34-28)18-26(30)29(35-36)20-40-31-8-5-4-7-24(31)19-32(37)39-16-6-15-38-3/h4-5,7-14,17-18,21H,6,15-16,19-20H2,1-3H3,(H2,33,34). The molecule has 5 aromatic rings. The van der Waals surface area contributed by atoms with E-state index in [1.54, 1.807) is 13.3 Å². The SMILES string of the molecule is COCCCOC(=O)Cc1ccccc1OCc1nn(C(C)C)c2ccc(-c3ccc4nccc(N)c4c3)cc12. The van der Waals surface area contributed by atoms with E-state index in [-0.39, 0.29) is 25.0 Å². The van der Waals surface area contributed by atoms with Gasteiger partial charge < -0.3 is 19.9 Å². The molecule has 5 rings (SSSR count). The van der Waals surface area contributed by atoms with Gasteiger partial charge in [0.1, 0.15) is 18.1 Å². The Bertz CT molecular complexity index is 1640. The fourth-order valence-electron chi connectivity index (χ4n) is 4.76. The quantitative estimate of drug-likeness (QED) is 0.160. The Morgan fingerprint density at radius 3 is 2.55 bits per heavy atom. The summed E-state index contributed by atoms with van der Waals surface area (Å²) in [5, 5.41) is 6.85. The number of carbonyl (C=O) groups excluding carboxylic acids is 1. The molecule has 0 atom stereocenters. The number of para-hydroxylation sites is 1. The first kappa shape index (κ1) is 27.1. The number of fused-ring (bicyclic) bond motifs is 2. The Morgan fingerprint density at radius 2 is 1.75 bits per heavy atom. The molecule has 0 saturated heterocycles.